The predicted molar refractivity (Wildman–Crippen MR) is 93.2 cm³/mol. The van der Waals surface area contributed by atoms with Crippen molar-refractivity contribution >= 4 is 22.6 Å². The summed E-state index contributed by atoms with van der Waals surface area (Å²) >= 11 is 5.95. The van der Waals surface area contributed by atoms with Crippen LogP contribution in [0.15, 0.2) is 69.2 Å². The molecule has 0 bridgehead atoms. The lowest BCUT2D eigenvalue weighted by Gasteiger charge is -2.25. The van der Waals surface area contributed by atoms with Gasteiger partial charge in [-0.15, -0.1) is 0 Å². The van der Waals surface area contributed by atoms with Crippen molar-refractivity contribution in [3.63, 3.8) is 0 Å². The SMILES string of the molecule is N#CC1=C(N)Oc2c(c(=O)oc3ccccc23)C1c1ccc(Cl)cc1. The lowest BCUT2D eigenvalue weighted by Crippen LogP contribution is -2.26. The zero-order valence-corrected chi connectivity index (χ0v) is 13.6. The van der Waals surface area contributed by atoms with Gasteiger partial charge in [-0.2, -0.15) is 5.26 Å². The molecule has 1 aliphatic heterocycles. The number of allylic oxidation sites excluding steroid dienone is 1. The number of nitriles is 1. The van der Waals surface area contributed by atoms with Gasteiger partial charge in [0.2, 0.25) is 5.88 Å². The van der Waals surface area contributed by atoms with Gasteiger partial charge in [-0.1, -0.05) is 35.9 Å². The van der Waals surface area contributed by atoms with E-state index in [1.54, 1.807) is 42.5 Å². The van der Waals surface area contributed by atoms with Crippen molar-refractivity contribution in [3.05, 3.63) is 86.6 Å². The second kappa shape index (κ2) is 5.69. The molecule has 1 aromatic heterocycles. The molecule has 5 nitrogen and oxygen atoms in total. The Morgan fingerprint density at radius 2 is 1.84 bits per heavy atom. The largest absolute Gasteiger partial charge is 0.439 e. The summed E-state index contributed by atoms with van der Waals surface area (Å²) in [4.78, 5) is 12.7. The molecule has 122 valence electrons. The Balaban J connectivity index is 2.08. The molecule has 2 aromatic carbocycles. The van der Waals surface area contributed by atoms with E-state index >= 15 is 0 Å². The van der Waals surface area contributed by atoms with Crippen molar-refractivity contribution in [1.82, 2.24) is 0 Å². The van der Waals surface area contributed by atoms with Crippen LogP contribution in [0.5, 0.6) is 5.75 Å². The van der Waals surface area contributed by atoms with Crippen LogP contribution in [0, 0.1) is 11.3 Å². The fourth-order valence-corrected chi connectivity index (χ4v) is 3.18. The summed E-state index contributed by atoms with van der Waals surface area (Å²) in [7, 11) is 0. The molecule has 2 N–H and O–H groups in total. The monoisotopic (exact) mass is 350 g/mol. The molecule has 0 aliphatic carbocycles. The fraction of sp³-hybridized carbons (Fsp3) is 0.0526. The summed E-state index contributed by atoms with van der Waals surface area (Å²) in [6.07, 6.45) is 0. The fourth-order valence-electron chi connectivity index (χ4n) is 3.05. The van der Waals surface area contributed by atoms with Crippen molar-refractivity contribution in [2.45, 2.75) is 5.92 Å². The first kappa shape index (κ1) is 15.3. The minimum Gasteiger partial charge on any atom is -0.439 e. The summed E-state index contributed by atoms with van der Waals surface area (Å²) in [6.45, 7) is 0. The van der Waals surface area contributed by atoms with E-state index in [1.165, 1.54) is 0 Å². The zero-order chi connectivity index (χ0) is 17.6. The molecule has 25 heavy (non-hydrogen) atoms. The molecular weight excluding hydrogens is 340 g/mol. The van der Waals surface area contributed by atoms with E-state index < -0.39 is 11.5 Å². The van der Waals surface area contributed by atoms with Gasteiger partial charge in [0.25, 0.3) is 0 Å². The van der Waals surface area contributed by atoms with Crippen LogP contribution in [0.2, 0.25) is 5.02 Å². The van der Waals surface area contributed by atoms with Gasteiger partial charge in [0.1, 0.15) is 17.2 Å². The Hall–Kier alpha value is -3.23. The van der Waals surface area contributed by atoms with Crippen molar-refractivity contribution < 1.29 is 9.15 Å². The average Bonchev–Trinajstić information content (AvgIpc) is 2.61. The first-order chi connectivity index (χ1) is 12.1. The smallest absolute Gasteiger partial charge is 0.344 e. The van der Waals surface area contributed by atoms with Crippen LogP contribution < -0.4 is 16.1 Å². The summed E-state index contributed by atoms with van der Waals surface area (Å²) in [5.74, 6) is -0.374. The molecule has 2 heterocycles. The number of fused-ring (bicyclic) bond motifs is 3. The molecule has 0 amide bonds. The van der Waals surface area contributed by atoms with Gasteiger partial charge in [0.05, 0.1) is 16.9 Å². The lowest BCUT2D eigenvalue weighted by atomic mass is 9.84. The number of para-hydroxylation sites is 1. The summed E-state index contributed by atoms with van der Waals surface area (Å²) in [5.41, 5.74) is 6.94. The lowest BCUT2D eigenvalue weighted by molar-refractivity contribution is 0.388. The number of halogens is 1. The second-order valence-electron chi connectivity index (χ2n) is 5.60. The Morgan fingerprint density at radius 1 is 1.12 bits per heavy atom. The molecule has 0 radical (unpaired) electrons. The topological polar surface area (TPSA) is 89.3 Å². The zero-order valence-electron chi connectivity index (χ0n) is 12.8. The van der Waals surface area contributed by atoms with E-state index in [4.69, 9.17) is 26.5 Å². The van der Waals surface area contributed by atoms with Gasteiger partial charge in [-0.3, -0.25) is 0 Å². The Bertz CT molecular complexity index is 1120. The third-order valence-corrected chi connectivity index (χ3v) is 4.43. The van der Waals surface area contributed by atoms with E-state index in [-0.39, 0.29) is 17.0 Å². The predicted octanol–water partition coefficient (Wildman–Crippen LogP) is 3.66. The molecule has 1 atom stereocenters. The van der Waals surface area contributed by atoms with E-state index in [1.807, 2.05) is 12.1 Å². The van der Waals surface area contributed by atoms with Gasteiger partial charge in [-0.05, 0) is 29.8 Å². The number of ether oxygens (including phenoxy) is 1. The van der Waals surface area contributed by atoms with Gasteiger partial charge < -0.3 is 14.9 Å². The number of nitrogens with two attached hydrogens (primary N) is 1. The summed E-state index contributed by atoms with van der Waals surface area (Å²) in [6, 6.07) is 16.0. The molecule has 0 saturated heterocycles. The number of hydrogen-bond acceptors (Lipinski definition) is 5. The van der Waals surface area contributed by atoms with E-state index in [9.17, 15) is 10.1 Å². The number of nitrogens with zero attached hydrogens (tertiary/aromatic N) is 1. The van der Waals surface area contributed by atoms with Crippen LogP contribution in [0.1, 0.15) is 17.0 Å². The number of benzene rings is 2. The third-order valence-electron chi connectivity index (χ3n) is 4.18. The van der Waals surface area contributed by atoms with Gasteiger partial charge in [-0.25, -0.2) is 4.79 Å². The normalized spacial score (nSPS) is 16.2. The number of hydrogen-bond donors (Lipinski definition) is 1. The van der Waals surface area contributed by atoms with Gasteiger partial charge >= 0.3 is 5.63 Å². The minimum absolute atomic E-state index is 0.0225. The molecule has 6 heteroatoms. The Morgan fingerprint density at radius 3 is 2.56 bits per heavy atom. The maximum atomic E-state index is 12.7. The van der Waals surface area contributed by atoms with Crippen LogP contribution in [-0.4, -0.2) is 0 Å². The standard InChI is InChI=1S/C19H11ClN2O3/c20-11-7-5-10(6-8-11)15-13(9-21)18(22)25-17-12-3-1-2-4-14(12)24-19(23)16(15)17/h1-8,15H,22H2. The highest BCUT2D eigenvalue weighted by atomic mass is 35.5. The molecule has 0 spiro atoms. The molecular formula is C19H11ClN2O3. The van der Waals surface area contributed by atoms with Crippen LogP contribution >= 0.6 is 11.6 Å². The Kier molecular flexibility index (Phi) is 3.48. The summed E-state index contributed by atoms with van der Waals surface area (Å²) in [5, 5.41) is 10.7. The van der Waals surface area contributed by atoms with Crippen molar-refractivity contribution in [3.8, 4) is 11.8 Å². The van der Waals surface area contributed by atoms with Crippen LogP contribution in [0.4, 0.5) is 0 Å². The highest BCUT2D eigenvalue weighted by Crippen LogP contribution is 2.43. The molecule has 3 aromatic rings. The van der Waals surface area contributed by atoms with Gasteiger partial charge in [0, 0.05) is 5.02 Å². The average molecular weight is 351 g/mol. The molecule has 0 saturated carbocycles. The maximum absolute atomic E-state index is 12.7. The first-order valence-electron chi connectivity index (χ1n) is 7.49. The molecule has 0 fully saturated rings. The van der Waals surface area contributed by atoms with Crippen LogP contribution in [0.25, 0.3) is 11.0 Å². The molecule has 1 aliphatic rings. The minimum atomic E-state index is -0.674. The van der Waals surface area contributed by atoms with Crippen molar-refractivity contribution in [1.29, 1.82) is 5.26 Å². The van der Waals surface area contributed by atoms with Crippen molar-refractivity contribution in [2.75, 3.05) is 0 Å². The highest BCUT2D eigenvalue weighted by molar-refractivity contribution is 6.30. The quantitative estimate of drug-likeness (QED) is 0.676. The Labute approximate surface area is 147 Å². The van der Waals surface area contributed by atoms with Crippen LogP contribution in [-0.2, 0) is 0 Å². The maximum Gasteiger partial charge on any atom is 0.344 e. The van der Waals surface area contributed by atoms with E-state index in [0.29, 0.717) is 27.3 Å². The molecule has 4 rings (SSSR count). The third kappa shape index (κ3) is 2.35. The van der Waals surface area contributed by atoms with E-state index in [0.717, 1.165) is 0 Å². The first-order valence-corrected chi connectivity index (χ1v) is 7.86. The summed E-state index contributed by atoms with van der Waals surface area (Å²) < 4.78 is 11.1. The van der Waals surface area contributed by atoms with Gasteiger partial charge in [0.15, 0.2) is 5.75 Å². The van der Waals surface area contributed by atoms with Crippen LogP contribution in [0.3, 0.4) is 0 Å². The molecule has 1 unspecified atom stereocenters. The van der Waals surface area contributed by atoms with E-state index in [2.05, 4.69) is 0 Å². The number of rotatable bonds is 1. The van der Waals surface area contributed by atoms with Crippen molar-refractivity contribution in [2.24, 2.45) is 5.73 Å². The highest BCUT2D eigenvalue weighted by Gasteiger charge is 2.35. The second-order valence-corrected chi connectivity index (χ2v) is 6.04.